The van der Waals surface area contributed by atoms with E-state index in [1.807, 2.05) is 6.07 Å². The third-order valence-corrected chi connectivity index (χ3v) is 3.62. The highest BCUT2D eigenvalue weighted by Gasteiger charge is 2.27. The van der Waals surface area contributed by atoms with Gasteiger partial charge in [0, 0.05) is 6.54 Å². The Kier molecular flexibility index (Phi) is 3.15. The van der Waals surface area contributed by atoms with Gasteiger partial charge in [0.2, 0.25) is 0 Å². The van der Waals surface area contributed by atoms with E-state index in [1.54, 1.807) is 6.26 Å². The molecule has 84 valence electrons. The van der Waals surface area contributed by atoms with Crippen LogP contribution >= 0.6 is 0 Å². The van der Waals surface area contributed by atoms with Crippen molar-refractivity contribution in [2.24, 2.45) is 5.41 Å². The van der Waals surface area contributed by atoms with Crippen LogP contribution < -0.4 is 5.32 Å². The van der Waals surface area contributed by atoms with Crippen molar-refractivity contribution in [1.82, 2.24) is 5.32 Å². The van der Waals surface area contributed by atoms with Crippen LogP contribution in [0.2, 0.25) is 0 Å². The minimum atomic E-state index is 0.528. The minimum Gasteiger partial charge on any atom is -0.468 e. The molecule has 1 heterocycles. The van der Waals surface area contributed by atoms with E-state index in [0.717, 1.165) is 18.8 Å². The van der Waals surface area contributed by atoms with E-state index in [-0.39, 0.29) is 0 Å². The number of aryl methyl sites for hydroxylation is 1. The summed E-state index contributed by atoms with van der Waals surface area (Å²) < 4.78 is 5.40. The van der Waals surface area contributed by atoms with Crippen LogP contribution in [0.25, 0.3) is 0 Å². The Labute approximate surface area is 92.1 Å². The van der Waals surface area contributed by atoms with Crippen LogP contribution in [0.3, 0.4) is 0 Å². The molecule has 1 saturated carbocycles. The average molecular weight is 207 g/mol. The first-order valence-electron chi connectivity index (χ1n) is 5.93. The van der Waals surface area contributed by atoms with Gasteiger partial charge in [0.15, 0.2) is 0 Å². The Morgan fingerprint density at radius 2 is 2.13 bits per heavy atom. The second-order valence-electron chi connectivity index (χ2n) is 5.15. The molecule has 1 aromatic heterocycles. The summed E-state index contributed by atoms with van der Waals surface area (Å²) in [5.41, 5.74) is 1.78. The van der Waals surface area contributed by atoms with E-state index < -0.39 is 0 Å². The van der Waals surface area contributed by atoms with Gasteiger partial charge in [-0.05, 0) is 36.8 Å². The highest BCUT2D eigenvalue weighted by molar-refractivity contribution is 5.14. The van der Waals surface area contributed by atoms with E-state index in [4.69, 9.17) is 4.42 Å². The first kappa shape index (κ1) is 10.7. The van der Waals surface area contributed by atoms with E-state index in [0.29, 0.717) is 5.41 Å². The smallest absolute Gasteiger partial charge is 0.120 e. The Balaban J connectivity index is 1.77. The van der Waals surface area contributed by atoms with Gasteiger partial charge >= 0.3 is 0 Å². The molecule has 0 unspecified atom stereocenters. The quantitative estimate of drug-likeness (QED) is 0.819. The molecule has 15 heavy (non-hydrogen) atoms. The van der Waals surface area contributed by atoms with Gasteiger partial charge in [-0.1, -0.05) is 19.8 Å². The summed E-state index contributed by atoms with van der Waals surface area (Å²) in [7, 11) is 0. The van der Waals surface area contributed by atoms with Crippen molar-refractivity contribution in [3.05, 3.63) is 23.7 Å². The van der Waals surface area contributed by atoms with E-state index in [2.05, 4.69) is 19.2 Å². The lowest BCUT2D eigenvalue weighted by atomic mass is 9.89. The summed E-state index contributed by atoms with van der Waals surface area (Å²) in [4.78, 5) is 0. The maximum absolute atomic E-state index is 5.40. The summed E-state index contributed by atoms with van der Waals surface area (Å²) in [6.07, 6.45) is 7.31. The predicted molar refractivity (Wildman–Crippen MR) is 61.7 cm³/mol. The Bertz CT molecular complexity index is 310. The van der Waals surface area contributed by atoms with Crippen LogP contribution in [-0.2, 0) is 6.54 Å². The van der Waals surface area contributed by atoms with Gasteiger partial charge in [0.1, 0.15) is 5.76 Å². The average Bonchev–Trinajstić information content (AvgIpc) is 2.78. The maximum Gasteiger partial charge on any atom is 0.120 e. The SMILES string of the molecule is Cc1ccoc1CNCC1(C)CCCC1. The highest BCUT2D eigenvalue weighted by Crippen LogP contribution is 2.36. The van der Waals surface area contributed by atoms with Crippen LogP contribution in [0.15, 0.2) is 16.7 Å². The van der Waals surface area contributed by atoms with E-state index >= 15 is 0 Å². The van der Waals surface area contributed by atoms with Gasteiger partial charge in [-0.3, -0.25) is 0 Å². The first-order valence-corrected chi connectivity index (χ1v) is 5.93. The molecule has 1 N–H and O–H groups in total. The number of hydrogen-bond acceptors (Lipinski definition) is 2. The monoisotopic (exact) mass is 207 g/mol. The molecule has 1 aliphatic carbocycles. The zero-order valence-electron chi connectivity index (χ0n) is 9.81. The van der Waals surface area contributed by atoms with Gasteiger partial charge in [0.05, 0.1) is 12.8 Å². The summed E-state index contributed by atoms with van der Waals surface area (Å²) in [5, 5.41) is 3.52. The summed E-state index contributed by atoms with van der Waals surface area (Å²) in [5.74, 6) is 1.08. The molecule has 0 amide bonds. The third-order valence-electron chi connectivity index (χ3n) is 3.62. The molecule has 0 bridgehead atoms. The number of rotatable bonds is 4. The molecular formula is C13H21NO. The van der Waals surface area contributed by atoms with E-state index in [1.165, 1.54) is 31.2 Å². The molecule has 0 spiro atoms. The molecule has 0 radical (unpaired) electrons. The van der Waals surface area contributed by atoms with Crippen molar-refractivity contribution in [1.29, 1.82) is 0 Å². The van der Waals surface area contributed by atoms with Gasteiger partial charge in [-0.2, -0.15) is 0 Å². The van der Waals surface area contributed by atoms with Crippen LogP contribution in [0.5, 0.6) is 0 Å². The zero-order chi connectivity index (χ0) is 10.7. The molecule has 2 nitrogen and oxygen atoms in total. The van der Waals surface area contributed by atoms with Gasteiger partial charge in [-0.15, -0.1) is 0 Å². The third kappa shape index (κ3) is 2.63. The number of nitrogens with one attached hydrogen (secondary N) is 1. The molecule has 2 heteroatoms. The fourth-order valence-corrected chi connectivity index (χ4v) is 2.47. The van der Waals surface area contributed by atoms with Crippen molar-refractivity contribution >= 4 is 0 Å². The molecule has 0 aromatic carbocycles. The topological polar surface area (TPSA) is 25.2 Å². The van der Waals surface area contributed by atoms with Crippen LogP contribution in [0.1, 0.15) is 43.9 Å². The molecule has 1 aromatic rings. The van der Waals surface area contributed by atoms with Gasteiger partial charge < -0.3 is 9.73 Å². The van der Waals surface area contributed by atoms with Crippen molar-refractivity contribution in [3.8, 4) is 0 Å². The fourth-order valence-electron chi connectivity index (χ4n) is 2.47. The van der Waals surface area contributed by atoms with Crippen molar-refractivity contribution in [2.75, 3.05) is 6.54 Å². The van der Waals surface area contributed by atoms with E-state index in [9.17, 15) is 0 Å². The molecule has 1 aliphatic rings. The fraction of sp³-hybridized carbons (Fsp3) is 0.692. The Morgan fingerprint density at radius 3 is 2.73 bits per heavy atom. The molecular weight excluding hydrogens is 186 g/mol. The zero-order valence-corrected chi connectivity index (χ0v) is 9.81. The molecule has 0 aliphatic heterocycles. The summed E-state index contributed by atoms with van der Waals surface area (Å²) >= 11 is 0. The number of furan rings is 1. The highest BCUT2D eigenvalue weighted by atomic mass is 16.3. The van der Waals surface area contributed by atoms with Crippen LogP contribution in [0.4, 0.5) is 0 Å². The lowest BCUT2D eigenvalue weighted by Gasteiger charge is -2.23. The number of hydrogen-bond donors (Lipinski definition) is 1. The van der Waals surface area contributed by atoms with Crippen LogP contribution in [0, 0.1) is 12.3 Å². The molecule has 0 saturated heterocycles. The standard InChI is InChI=1S/C13H21NO/c1-11-5-8-15-12(11)9-14-10-13(2)6-3-4-7-13/h5,8,14H,3-4,6-7,9-10H2,1-2H3. The van der Waals surface area contributed by atoms with Crippen LogP contribution in [-0.4, -0.2) is 6.54 Å². The second kappa shape index (κ2) is 4.40. The Hall–Kier alpha value is -0.760. The lowest BCUT2D eigenvalue weighted by molar-refractivity contribution is 0.308. The van der Waals surface area contributed by atoms with Gasteiger partial charge in [-0.25, -0.2) is 0 Å². The molecule has 1 fully saturated rings. The van der Waals surface area contributed by atoms with Crippen molar-refractivity contribution in [3.63, 3.8) is 0 Å². The normalized spacial score (nSPS) is 19.6. The van der Waals surface area contributed by atoms with Crippen molar-refractivity contribution < 1.29 is 4.42 Å². The molecule has 0 atom stereocenters. The largest absolute Gasteiger partial charge is 0.468 e. The van der Waals surface area contributed by atoms with Crippen molar-refractivity contribution in [2.45, 2.75) is 46.1 Å². The second-order valence-corrected chi connectivity index (χ2v) is 5.15. The van der Waals surface area contributed by atoms with Gasteiger partial charge in [0.25, 0.3) is 0 Å². The molecule has 2 rings (SSSR count). The summed E-state index contributed by atoms with van der Waals surface area (Å²) in [6.45, 7) is 6.47. The minimum absolute atomic E-state index is 0.528. The predicted octanol–water partition coefficient (Wildman–Crippen LogP) is 3.26. The maximum atomic E-state index is 5.40. The first-order chi connectivity index (χ1) is 7.20. The summed E-state index contributed by atoms with van der Waals surface area (Å²) in [6, 6.07) is 2.02. The lowest BCUT2D eigenvalue weighted by Crippen LogP contribution is -2.29. The Morgan fingerprint density at radius 1 is 1.40 bits per heavy atom.